The number of nitrogens with zero attached hydrogens (tertiary/aromatic N) is 1. The highest BCUT2D eigenvalue weighted by atomic mass is 32.2. The van der Waals surface area contributed by atoms with E-state index in [-0.39, 0.29) is 6.03 Å². The molecule has 1 aliphatic rings. The van der Waals surface area contributed by atoms with Gasteiger partial charge in [0.1, 0.15) is 0 Å². The van der Waals surface area contributed by atoms with E-state index in [9.17, 15) is 13.2 Å². The molecule has 2 aromatic rings. The summed E-state index contributed by atoms with van der Waals surface area (Å²) in [5.41, 5.74) is 3.24. The van der Waals surface area contributed by atoms with Gasteiger partial charge in [0.05, 0.1) is 6.26 Å². The molecule has 0 unspecified atom stereocenters. The van der Waals surface area contributed by atoms with Crippen LogP contribution in [0.2, 0.25) is 0 Å². The molecule has 1 heterocycles. The van der Waals surface area contributed by atoms with E-state index in [2.05, 4.69) is 34.3 Å². The highest BCUT2D eigenvalue weighted by Gasteiger charge is 2.23. The van der Waals surface area contributed by atoms with Crippen molar-refractivity contribution in [3.05, 3.63) is 65.7 Å². The molecule has 2 aromatic carbocycles. The van der Waals surface area contributed by atoms with E-state index in [1.54, 1.807) is 0 Å². The first-order valence-electron chi connectivity index (χ1n) is 10.0. The Kier molecular flexibility index (Phi) is 7.28. The Labute approximate surface area is 173 Å². The van der Waals surface area contributed by atoms with Crippen LogP contribution in [0, 0.1) is 5.92 Å². The molecule has 0 aliphatic carbocycles. The minimum atomic E-state index is -3.13. The third kappa shape index (κ3) is 7.18. The Balaban J connectivity index is 1.41. The van der Waals surface area contributed by atoms with Gasteiger partial charge in [-0.25, -0.2) is 17.9 Å². The normalized spacial score (nSPS) is 15.3. The van der Waals surface area contributed by atoms with Gasteiger partial charge in [0.25, 0.3) is 0 Å². The molecule has 3 rings (SSSR count). The number of piperidine rings is 1. The Hall–Kier alpha value is -2.38. The van der Waals surface area contributed by atoms with Crippen molar-refractivity contribution >= 4 is 21.7 Å². The SMILES string of the molecule is CS(=O)(=O)NCCc1ccc(CC2CCN(C(=O)Nc3ccccc3)CC2)cc1. The van der Waals surface area contributed by atoms with Crippen molar-refractivity contribution in [1.29, 1.82) is 0 Å². The van der Waals surface area contributed by atoms with Gasteiger partial charge in [-0.3, -0.25) is 0 Å². The van der Waals surface area contributed by atoms with E-state index < -0.39 is 10.0 Å². The number of likely N-dealkylation sites (tertiary alicyclic amines) is 1. The fourth-order valence-electron chi connectivity index (χ4n) is 3.62. The summed E-state index contributed by atoms with van der Waals surface area (Å²) in [5, 5.41) is 2.95. The highest BCUT2D eigenvalue weighted by Crippen LogP contribution is 2.22. The van der Waals surface area contributed by atoms with Gasteiger partial charge in [0, 0.05) is 25.3 Å². The van der Waals surface area contributed by atoms with Crippen LogP contribution in [-0.4, -0.2) is 45.2 Å². The van der Waals surface area contributed by atoms with Gasteiger partial charge in [0.15, 0.2) is 0 Å². The van der Waals surface area contributed by atoms with Crippen LogP contribution in [-0.2, 0) is 22.9 Å². The number of anilines is 1. The molecular formula is C22H29N3O3S. The Morgan fingerprint density at radius 1 is 1.00 bits per heavy atom. The van der Waals surface area contributed by atoms with Crippen LogP contribution in [0.3, 0.4) is 0 Å². The van der Waals surface area contributed by atoms with Gasteiger partial charge in [-0.15, -0.1) is 0 Å². The number of amides is 2. The molecule has 29 heavy (non-hydrogen) atoms. The maximum absolute atomic E-state index is 12.4. The molecule has 1 fully saturated rings. The van der Waals surface area contributed by atoms with Gasteiger partial charge < -0.3 is 10.2 Å². The molecule has 0 spiro atoms. The van der Waals surface area contributed by atoms with E-state index in [0.29, 0.717) is 18.9 Å². The molecule has 6 nitrogen and oxygen atoms in total. The predicted molar refractivity (Wildman–Crippen MR) is 116 cm³/mol. The van der Waals surface area contributed by atoms with Crippen LogP contribution in [0.5, 0.6) is 0 Å². The van der Waals surface area contributed by atoms with Gasteiger partial charge in [0.2, 0.25) is 10.0 Å². The summed E-state index contributed by atoms with van der Waals surface area (Å²) < 4.78 is 24.7. The third-order valence-electron chi connectivity index (χ3n) is 5.25. The molecule has 0 radical (unpaired) electrons. The van der Waals surface area contributed by atoms with Crippen LogP contribution < -0.4 is 10.0 Å². The van der Waals surface area contributed by atoms with Crippen LogP contribution in [0.25, 0.3) is 0 Å². The number of rotatable bonds is 7. The average molecular weight is 416 g/mol. The molecule has 2 amide bonds. The maximum Gasteiger partial charge on any atom is 0.321 e. The van der Waals surface area contributed by atoms with E-state index in [0.717, 1.165) is 43.6 Å². The quantitative estimate of drug-likeness (QED) is 0.729. The molecule has 1 aliphatic heterocycles. The lowest BCUT2D eigenvalue weighted by Gasteiger charge is -2.32. The number of hydrogen-bond donors (Lipinski definition) is 2. The number of para-hydroxylation sites is 1. The van der Waals surface area contributed by atoms with Crippen LogP contribution >= 0.6 is 0 Å². The number of carbonyl (C=O) groups excluding carboxylic acids is 1. The van der Waals surface area contributed by atoms with Crippen molar-refractivity contribution in [3.63, 3.8) is 0 Å². The summed E-state index contributed by atoms with van der Waals surface area (Å²) in [7, 11) is -3.13. The summed E-state index contributed by atoms with van der Waals surface area (Å²) in [5.74, 6) is 0.577. The zero-order valence-electron chi connectivity index (χ0n) is 16.8. The number of sulfonamides is 1. The smallest absolute Gasteiger partial charge is 0.321 e. The molecule has 0 atom stereocenters. The molecule has 0 bridgehead atoms. The van der Waals surface area contributed by atoms with Crippen LogP contribution in [0.4, 0.5) is 10.5 Å². The number of benzene rings is 2. The van der Waals surface area contributed by atoms with Crippen molar-refractivity contribution in [2.45, 2.75) is 25.7 Å². The van der Waals surface area contributed by atoms with Crippen molar-refractivity contribution < 1.29 is 13.2 Å². The number of carbonyl (C=O) groups is 1. The van der Waals surface area contributed by atoms with Gasteiger partial charge in [-0.1, -0.05) is 42.5 Å². The largest absolute Gasteiger partial charge is 0.325 e. The Morgan fingerprint density at radius 2 is 1.62 bits per heavy atom. The number of urea groups is 1. The third-order valence-corrected chi connectivity index (χ3v) is 5.98. The van der Waals surface area contributed by atoms with Crippen molar-refractivity contribution in [2.24, 2.45) is 5.92 Å². The summed E-state index contributed by atoms with van der Waals surface area (Å²) in [6.45, 7) is 1.97. The standard InChI is InChI=1S/C22H29N3O3S/c1-29(27,28)23-14-11-18-7-9-19(10-8-18)17-20-12-15-25(16-13-20)22(26)24-21-5-3-2-4-6-21/h2-10,20,23H,11-17H2,1H3,(H,24,26). The lowest BCUT2D eigenvalue weighted by atomic mass is 9.90. The predicted octanol–water partition coefficient (Wildman–Crippen LogP) is 3.26. The zero-order valence-corrected chi connectivity index (χ0v) is 17.6. The summed E-state index contributed by atoms with van der Waals surface area (Å²) >= 11 is 0. The van der Waals surface area contributed by atoms with Crippen LogP contribution in [0.1, 0.15) is 24.0 Å². The molecule has 1 saturated heterocycles. The van der Waals surface area contributed by atoms with Gasteiger partial charge in [-0.05, 0) is 54.9 Å². The van der Waals surface area contributed by atoms with Gasteiger partial charge >= 0.3 is 6.03 Å². The summed E-state index contributed by atoms with van der Waals surface area (Å²) in [4.78, 5) is 14.3. The van der Waals surface area contributed by atoms with E-state index in [4.69, 9.17) is 0 Å². The number of hydrogen-bond acceptors (Lipinski definition) is 3. The van der Waals surface area contributed by atoms with Crippen molar-refractivity contribution in [2.75, 3.05) is 31.2 Å². The van der Waals surface area contributed by atoms with Gasteiger partial charge in [-0.2, -0.15) is 0 Å². The Morgan fingerprint density at radius 3 is 2.24 bits per heavy atom. The number of nitrogens with one attached hydrogen (secondary N) is 2. The van der Waals surface area contributed by atoms with Crippen molar-refractivity contribution in [3.8, 4) is 0 Å². The molecule has 0 aromatic heterocycles. The van der Waals surface area contributed by atoms with Crippen LogP contribution in [0.15, 0.2) is 54.6 Å². The lowest BCUT2D eigenvalue weighted by Crippen LogP contribution is -2.41. The fraction of sp³-hybridized carbons (Fsp3) is 0.409. The Bertz CT molecular complexity index is 891. The summed E-state index contributed by atoms with van der Waals surface area (Å²) in [6, 6.07) is 17.9. The maximum atomic E-state index is 12.4. The minimum absolute atomic E-state index is 0.0262. The first kappa shape index (κ1) is 21.3. The molecule has 156 valence electrons. The van der Waals surface area contributed by atoms with E-state index in [1.807, 2.05) is 35.2 Å². The average Bonchev–Trinajstić information content (AvgIpc) is 2.70. The minimum Gasteiger partial charge on any atom is -0.325 e. The molecule has 2 N–H and O–H groups in total. The van der Waals surface area contributed by atoms with E-state index >= 15 is 0 Å². The zero-order chi connectivity index (χ0) is 20.7. The summed E-state index contributed by atoms with van der Waals surface area (Å²) in [6.07, 6.45) is 4.87. The second-order valence-electron chi connectivity index (χ2n) is 7.66. The first-order chi connectivity index (χ1) is 13.9. The monoisotopic (exact) mass is 415 g/mol. The van der Waals surface area contributed by atoms with E-state index in [1.165, 1.54) is 11.8 Å². The topological polar surface area (TPSA) is 78.5 Å². The van der Waals surface area contributed by atoms with Crippen molar-refractivity contribution in [1.82, 2.24) is 9.62 Å². The molecule has 7 heteroatoms. The fourth-order valence-corrected chi connectivity index (χ4v) is 4.09. The molecule has 0 saturated carbocycles. The second kappa shape index (κ2) is 9.89. The first-order valence-corrected chi connectivity index (χ1v) is 11.9. The molecular weight excluding hydrogens is 386 g/mol. The lowest BCUT2D eigenvalue weighted by molar-refractivity contribution is 0.182. The second-order valence-corrected chi connectivity index (χ2v) is 9.50. The highest BCUT2D eigenvalue weighted by molar-refractivity contribution is 7.88.